The molecule has 0 saturated heterocycles. The van der Waals surface area contributed by atoms with Crippen LogP contribution in [0, 0.1) is 0 Å². The van der Waals surface area contributed by atoms with Crippen molar-refractivity contribution in [2.75, 3.05) is 7.11 Å². The third-order valence-electron chi connectivity index (χ3n) is 5.16. The predicted octanol–water partition coefficient (Wildman–Crippen LogP) is 5.89. The molecule has 0 spiro atoms. The van der Waals surface area contributed by atoms with E-state index in [1.54, 1.807) is 7.11 Å². The molecule has 3 nitrogen and oxygen atoms in total. The topological polar surface area (TPSA) is 24.5 Å². The van der Waals surface area contributed by atoms with Gasteiger partial charge in [0.1, 0.15) is 5.75 Å². The molecule has 0 saturated carbocycles. The van der Waals surface area contributed by atoms with Gasteiger partial charge in [0.2, 0.25) is 0 Å². The average Bonchev–Trinajstić information content (AvgIpc) is 2.78. The smallest absolute Gasteiger partial charge is 0.170 e. The number of nitrogens with one attached hydrogen (secondary N) is 1. The summed E-state index contributed by atoms with van der Waals surface area (Å²) in [5.74, 6) is 0.856. The molecule has 3 aromatic rings. The van der Waals surface area contributed by atoms with Gasteiger partial charge in [-0.25, -0.2) is 0 Å². The van der Waals surface area contributed by atoms with Crippen molar-refractivity contribution in [3.05, 3.63) is 102 Å². The van der Waals surface area contributed by atoms with Gasteiger partial charge in [0.25, 0.3) is 0 Å². The molecule has 0 aliphatic heterocycles. The van der Waals surface area contributed by atoms with Crippen LogP contribution in [-0.4, -0.2) is 17.1 Å². The first-order chi connectivity index (χ1) is 14.1. The lowest BCUT2D eigenvalue weighted by atomic mass is 10.1. The highest BCUT2D eigenvalue weighted by molar-refractivity contribution is 7.80. The Labute approximate surface area is 179 Å². The average molecular weight is 405 g/mol. The predicted molar refractivity (Wildman–Crippen MR) is 124 cm³/mol. The summed E-state index contributed by atoms with van der Waals surface area (Å²) < 4.78 is 5.29. The second kappa shape index (κ2) is 10.1. The quantitative estimate of drug-likeness (QED) is 0.496. The molecular formula is C25H28N2OS. The van der Waals surface area contributed by atoms with Gasteiger partial charge in [-0.1, -0.05) is 72.8 Å². The Kier molecular flexibility index (Phi) is 7.25. The first kappa shape index (κ1) is 20.9. The van der Waals surface area contributed by atoms with Crippen molar-refractivity contribution in [1.82, 2.24) is 10.2 Å². The van der Waals surface area contributed by atoms with E-state index in [0.717, 1.165) is 10.9 Å². The van der Waals surface area contributed by atoms with Gasteiger partial charge in [0.05, 0.1) is 19.2 Å². The van der Waals surface area contributed by atoms with Crippen LogP contribution in [0.15, 0.2) is 84.9 Å². The van der Waals surface area contributed by atoms with E-state index in [9.17, 15) is 0 Å². The zero-order valence-electron chi connectivity index (χ0n) is 17.2. The summed E-state index contributed by atoms with van der Waals surface area (Å²) >= 11 is 5.87. The molecule has 0 aliphatic carbocycles. The van der Waals surface area contributed by atoms with E-state index in [1.807, 2.05) is 24.3 Å². The van der Waals surface area contributed by atoms with E-state index in [4.69, 9.17) is 17.0 Å². The van der Waals surface area contributed by atoms with Crippen molar-refractivity contribution in [3.63, 3.8) is 0 Å². The van der Waals surface area contributed by atoms with Crippen LogP contribution in [-0.2, 0) is 6.54 Å². The van der Waals surface area contributed by atoms with Crippen LogP contribution in [0.25, 0.3) is 0 Å². The molecule has 29 heavy (non-hydrogen) atoms. The summed E-state index contributed by atoms with van der Waals surface area (Å²) in [6, 6.07) is 29.3. The maximum atomic E-state index is 5.87. The van der Waals surface area contributed by atoms with Crippen LogP contribution in [0.1, 0.15) is 42.6 Å². The number of hydrogen-bond donors (Lipinski definition) is 1. The molecule has 0 amide bonds. The molecule has 0 heterocycles. The molecule has 0 unspecified atom stereocenters. The van der Waals surface area contributed by atoms with Crippen LogP contribution >= 0.6 is 12.2 Å². The minimum Gasteiger partial charge on any atom is -0.497 e. The van der Waals surface area contributed by atoms with Gasteiger partial charge in [0.15, 0.2) is 5.11 Å². The maximum absolute atomic E-state index is 5.87. The third-order valence-corrected chi connectivity index (χ3v) is 5.51. The molecule has 0 bridgehead atoms. The van der Waals surface area contributed by atoms with Crippen molar-refractivity contribution in [1.29, 1.82) is 0 Å². The Balaban J connectivity index is 1.81. The number of thiocarbonyl (C=S) groups is 1. The van der Waals surface area contributed by atoms with Crippen molar-refractivity contribution in [3.8, 4) is 5.75 Å². The van der Waals surface area contributed by atoms with Gasteiger partial charge in [-0.2, -0.15) is 0 Å². The Morgan fingerprint density at radius 2 is 1.41 bits per heavy atom. The minimum absolute atomic E-state index is 0.130. The maximum Gasteiger partial charge on any atom is 0.170 e. The summed E-state index contributed by atoms with van der Waals surface area (Å²) in [5.41, 5.74) is 3.63. The van der Waals surface area contributed by atoms with E-state index < -0.39 is 0 Å². The first-order valence-corrected chi connectivity index (χ1v) is 10.3. The van der Waals surface area contributed by atoms with Gasteiger partial charge in [-0.3, -0.25) is 0 Å². The van der Waals surface area contributed by atoms with Crippen molar-refractivity contribution < 1.29 is 4.74 Å². The second-order valence-corrected chi connectivity index (χ2v) is 7.53. The van der Waals surface area contributed by atoms with E-state index in [-0.39, 0.29) is 12.1 Å². The zero-order chi connectivity index (χ0) is 20.6. The molecule has 4 heteroatoms. The normalized spacial score (nSPS) is 12.7. The molecule has 0 fully saturated rings. The number of nitrogens with zero attached hydrogens (tertiary/aromatic N) is 1. The fraction of sp³-hybridized carbons (Fsp3) is 0.240. The van der Waals surface area contributed by atoms with Gasteiger partial charge >= 0.3 is 0 Å². The lowest BCUT2D eigenvalue weighted by Crippen LogP contribution is -2.41. The van der Waals surface area contributed by atoms with Gasteiger partial charge < -0.3 is 15.0 Å². The van der Waals surface area contributed by atoms with E-state index in [0.29, 0.717) is 6.54 Å². The summed E-state index contributed by atoms with van der Waals surface area (Å²) in [4.78, 5) is 2.24. The van der Waals surface area contributed by atoms with Gasteiger partial charge in [0, 0.05) is 6.54 Å². The molecule has 2 atom stereocenters. The van der Waals surface area contributed by atoms with E-state index in [2.05, 4.69) is 84.7 Å². The number of methoxy groups -OCH3 is 1. The summed E-state index contributed by atoms with van der Waals surface area (Å²) in [7, 11) is 1.68. The zero-order valence-corrected chi connectivity index (χ0v) is 18.0. The molecule has 0 radical (unpaired) electrons. The van der Waals surface area contributed by atoms with Crippen molar-refractivity contribution >= 4 is 17.3 Å². The number of hydrogen-bond acceptors (Lipinski definition) is 2. The molecule has 150 valence electrons. The summed E-state index contributed by atoms with van der Waals surface area (Å²) in [5, 5.41) is 4.27. The summed E-state index contributed by atoms with van der Waals surface area (Å²) in [6.45, 7) is 5.05. The van der Waals surface area contributed by atoms with Gasteiger partial charge in [-0.15, -0.1) is 0 Å². The lowest BCUT2D eigenvalue weighted by molar-refractivity contribution is 0.321. The highest BCUT2D eigenvalue weighted by atomic mass is 32.1. The Morgan fingerprint density at radius 1 is 0.862 bits per heavy atom. The molecule has 3 rings (SSSR count). The number of benzene rings is 3. The third kappa shape index (κ3) is 5.58. The fourth-order valence-corrected chi connectivity index (χ4v) is 3.72. The second-order valence-electron chi connectivity index (χ2n) is 7.14. The Hall–Kier alpha value is -2.85. The van der Waals surface area contributed by atoms with Crippen molar-refractivity contribution in [2.45, 2.75) is 32.5 Å². The largest absolute Gasteiger partial charge is 0.497 e. The molecule has 0 aromatic heterocycles. The number of rotatable bonds is 7. The Morgan fingerprint density at radius 3 is 1.97 bits per heavy atom. The van der Waals surface area contributed by atoms with Crippen LogP contribution in [0.3, 0.4) is 0 Å². The molecule has 3 aromatic carbocycles. The monoisotopic (exact) mass is 404 g/mol. The van der Waals surface area contributed by atoms with E-state index >= 15 is 0 Å². The molecular weight excluding hydrogens is 376 g/mol. The SMILES string of the molecule is COc1ccc(CN(C(=S)N[C@H](C)c2ccccc2)[C@@H](C)c2ccccc2)cc1. The first-order valence-electron chi connectivity index (χ1n) is 9.88. The van der Waals surface area contributed by atoms with E-state index in [1.165, 1.54) is 16.7 Å². The van der Waals surface area contributed by atoms with Crippen LogP contribution in [0.4, 0.5) is 0 Å². The standard InChI is InChI=1S/C25H28N2OS/c1-19(22-10-6-4-7-11-22)26-25(29)27(20(2)23-12-8-5-9-13-23)18-21-14-16-24(28-3)17-15-21/h4-17,19-20H,18H2,1-3H3,(H,26,29)/t19-,20+/m1/s1. The van der Waals surface area contributed by atoms with Crippen LogP contribution < -0.4 is 10.1 Å². The highest BCUT2D eigenvalue weighted by Gasteiger charge is 2.20. The van der Waals surface area contributed by atoms with Crippen molar-refractivity contribution in [2.24, 2.45) is 0 Å². The van der Waals surface area contributed by atoms with Gasteiger partial charge in [-0.05, 0) is 54.9 Å². The molecule has 0 aliphatic rings. The number of ether oxygens (including phenoxy) is 1. The van der Waals surface area contributed by atoms with Crippen LogP contribution in [0.2, 0.25) is 0 Å². The van der Waals surface area contributed by atoms with Crippen LogP contribution in [0.5, 0.6) is 5.75 Å². The Bertz CT molecular complexity index is 897. The fourth-order valence-electron chi connectivity index (χ4n) is 3.32. The highest BCUT2D eigenvalue weighted by Crippen LogP contribution is 2.24. The summed E-state index contributed by atoms with van der Waals surface area (Å²) in [6.07, 6.45) is 0. The minimum atomic E-state index is 0.130. The lowest BCUT2D eigenvalue weighted by Gasteiger charge is -2.34. The molecule has 1 N–H and O–H groups in total.